The highest BCUT2D eigenvalue weighted by atomic mass is 16.5. The summed E-state index contributed by atoms with van der Waals surface area (Å²) in [5, 5.41) is 22.7. The first-order valence-corrected chi connectivity index (χ1v) is 14.7. The average molecular weight is 563 g/mol. The topological polar surface area (TPSA) is 85.2 Å². The van der Waals surface area contributed by atoms with E-state index in [1.165, 1.54) is 12.1 Å². The van der Waals surface area contributed by atoms with Crippen molar-refractivity contribution in [1.82, 2.24) is 0 Å². The van der Waals surface area contributed by atoms with Crippen LogP contribution in [0.5, 0.6) is 23.0 Å². The van der Waals surface area contributed by atoms with Crippen LogP contribution in [0.4, 0.5) is 0 Å². The number of benzene rings is 1. The fourth-order valence-corrected chi connectivity index (χ4v) is 7.78. The Morgan fingerprint density at radius 1 is 0.878 bits per heavy atom. The molecule has 2 N–H and O–H groups in total. The van der Waals surface area contributed by atoms with Gasteiger partial charge >= 0.3 is 0 Å². The molecular formula is C35H46O6. The molecule has 5 atom stereocenters. The molecule has 0 radical (unpaired) electrons. The molecule has 2 aromatic rings. The molecule has 0 spiro atoms. The fourth-order valence-electron chi connectivity index (χ4n) is 7.78. The minimum absolute atomic E-state index is 0.212. The van der Waals surface area contributed by atoms with Crippen LogP contribution in [0.2, 0.25) is 0 Å². The highest BCUT2D eigenvalue weighted by Gasteiger charge is 2.60. The van der Waals surface area contributed by atoms with E-state index in [-0.39, 0.29) is 11.2 Å². The van der Waals surface area contributed by atoms with Crippen LogP contribution < -0.4 is 19.6 Å². The Hall–Kier alpha value is -2.99. The summed E-state index contributed by atoms with van der Waals surface area (Å²) in [5.74, 6) is 1.75. The maximum absolute atomic E-state index is 12.7. The first-order chi connectivity index (χ1) is 18.9. The number of hydrogen-bond acceptors (Lipinski definition) is 6. The zero-order chi connectivity index (χ0) is 30.2. The SMILES string of the molecule is COc1cc(C)c2c(c1)O[C@]1(C)C/C=C/C(C)(C)C[C@]3(C)Cc4c(C)cc(O)c(=O)cc4O[C@@]3(C)[C@@H](O)C[C@@]1(C)C2. The lowest BCUT2D eigenvalue weighted by molar-refractivity contribution is -0.168. The van der Waals surface area contributed by atoms with Crippen molar-refractivity contribution in [2.75, 3.05) is 7.11 Å². The maximum atomic E-state index is 12.7. The van der Waals surface area contributed by atoms with Gasteiger partial charge in [0.15, 0.2) is 5.75 Å². The van der Waals surface area contributed by atoms with Crippen molar-refractivity contribution >= 4 is 0 Å². The second-order valence-corrected chi connectivity index (χ2v) is 14.5. The predicted molar refractivity (Wildman–Crippen MR) is 161 cm³/mol. The zero-order valence-corrected chi connectivity index (χ0v) is 26.1. The van der Waals surface area contributed by atoms with E-state index < -0.39 is 33.6 Å². The van der Waals surface area contributed by atoms with Crippen LogP contribution in [-0.4, -0.2) is 34.6 Å². The van der Waals surface area contributed by atoms with Gasteiger partial charge in [-0.15, -0.1) is 0 Å². The third kappa shape index (κ3) is 4.72. The van der Waals surface area contributed by atoms with Crippen LogP contribution in [-0.2, 0) is 12.8 Å². The molecular weight excluding hydrogens is 516 g/mol. The molecule has 0 bridgehead atoms. The summed E-state index contributed by atoms with van der Waals surface area (Å²) in [6.45, 7) is 17.0. The highest BCUT2D eigenvalue weighted by molar-refractivity contribution is 5.49. The molecule has 5 rings (SSSR count). The van der Waals surface area contributed by atoms with Gasteiger partial charge in [-0.3, -0.25) is 4.79 Å². The van der Waals surface area contributed by atoms with E-state index in [0.29, 0.717) is 25.0 Å². The lowest BCUT2D eigenvalue weighted by Gasteiger charge is -2.57. The van der Waals surface area contributed by atoms with Gasteiger partial charge in [-0.05, 0) is 93.2 Å². The molecule has 0 amide bonds. The molecule has 1 aliphatic carbocycles. The number of fused-ring (bicyclic) bond motifs is 4. The third-order valence-corrected chi connectivity index (χ3v) is 10.8. The number of rotatable bonds is 1. The predicted octanol–water partition coefficient (Wildman–Crippen LogP) is 6.61. The Morgan fingerprint density at radius 2 is 1.49 bits per heavy atom. The number of aryl methyl sites for hydroxylation is 2. The van der Waals surface area contributed by atoms with E-state index >= 15 is 0 Å². The minimum atomic E-state index is -1.02. The summed E-state index contributed by atoms with van der Waals surface area (Å²) < 4.78 is 19.3. The smallest absolute Gasteiger partial charge is 0.223 e. The summed E-state index contributed by atoms with van der Waals surface area (Å²) in [4.78, 5) is 12.7. The van der Waals surface area contributed by atoms with Crippen molar-refractivity contribution in [2.45, 2.75) is 105 Å². The number of aliphatic hydroxyl groups is 1. The molecule has 222 valence electrons. The molecule has 2 aromatic carbocycles. The molecule has 0 fully saturated rings. The van der Waals surface area contributed by atoms with E-state index in [1.807, 2.05) is 26.0 Å². The van der Waals surface area contributed by atoms with Crippen LogP contribution in [0.1, 0.15) is 83.1 Å². The third-order valence-electron chi connectivity index (χ3n) is 10.8. The van der Waals surface area contributed by atoms with Crippen LogP contribution in [0.25, 0.3) is 0 Å². The number of ether oxygens (including phenoxy) is 3. The maximum Gasteiger partial charge on any atom is 0.223 e. The Bertz CT molecular complexity index is 1480. The second kappa shape index (κ2) is 9.52. The monoisotopic (exact) mass is 562 g/mol. The van der Waals surface area contributed by atoms with E-state index in [0.717, 1.165) is 46.6 Å². The standard InChI is InChI=1S/C35H46O6/c1-21-13-23(39-9)15-28-24(21)17-32(5)19-30(38)35(8)33(6,20-31(3,4)11-10-12-34(32,7)40-28)18-25-22(2)14-26(36)27(37)16-29(25)41-35/h10-11,13-16,30,38H,12,17-20H2,1-9H3,(H,36,37)/b11-10+/t30-,32+,33-,34+,35-/m0/s1. The van der Waals surface area contributed by atoms with Crippen LogP contribution in [0, 0.1) is 30.1 Å². The van der Waals surface area contributed by atoms with Crippen molar-refractivity contribution in [3.05, 3.63) is 68.9 Å². The van der Waals surface area contributed by atoms with Gasteiger partial charge in [0.05, 0.1) is 13.2 Å². The first-order valence-electron chi connectivity index (χ1n) is 14.7. The molecule has 41 heavy (non-hydrogen) atoms. The van der Waals surface area contributed by atoms with Crippen LogP contribution >= 0.6 is 0 Å². The largest absolute Gasteiger partial charge is 0.504 e. The van der Waals surface area contributed by atoms with Crippen molar-refractivity contribution in [2.24, 2.45) is 16.2 Å². The Labute approximate surface area is 244 Å². The van der Waals surface area contributed by atoms with Gasteiger partial charge in [0, 0.05) is 29.4 Å². The zero-order valence-electron chi connectivity index (χ0n) is 26.1. The van der Waals surface area contributed by atoms with Gasteiger partial charge in [0.25, 0.3) is 0 Å². The van der Waals surface area contributed by atoms with Crippen LogP contribution in [0.15, 0.2) is 41.2 Å². The minimum Gasteiger partial charge on any atom is -0.504 e. The molecule has 0 unspecified atom stereocenters. The summed E-state index contributed by atoms with van der Waals surface area (Å²) in [5.41, 5.74) is 0.702. The number of methoxy groups -OCH3 is 1. The van der Waals surface area contributed by atoms with Crippen molar-refractivity contribution in [1.29, 1.82) is 0 Å². The van der Waals surface area contributed by atoms with Gasteiger partial charge in [-0.2, -0.15) is 0 Å². The van der Waals surface area contributed by atoms with E-state index in [4.69, 9.17) is 14.2 Å². The first kappa shape index (κ1) is 29.5. The number of aliphatic hydroxyl groups excluding tert-OH is 1. The molecule has 6 heteroatoms. The lowest BCUT2D eigenvalue weighted by atomic mass is 9.57. The van der Waals surface area contributed by atoms with Gasteiger partial charge in [-0.1, -0.05) is 39.8 Å². The van der Waals surface area contributed by atoms with Crippen LogP contribution in [0.3, 0.4) is 0 Å². The quantitative estimate of drug-likeness (QED) is 0.381. The number of aromatic hydroxyl groups is 1. The van der Waals surface area contributed by atoms with Gasteiger partial charge in [0.2, 0.25) is 5.43 Å². The number of allylic oxidation sites excluding steroid dienone is 1. The van der Waals surface area contributed by atoms with E-state index in [9.17, 15) is 15.0 Å². The lowest BCUT2D eigenvalue weighted by Crippen LogP contribution is -2.63. The summed E-state index contributed by atoms with van der Waals surface area (Å²) in [6.07, 6.45) is 6.90. The normalized spacial score (nSPS) is 34.7. The summed E-state index contributed by atoms with van der Waals surface area (Å²) in [7, 11) is 1.67. The molecule has 0 saturated carbocycles. The highest BCUT2D eigenvalue weighted by Crippen LogP contribution is 2.57. The summed E-state index contributed by atoms with van der Waals surface area (Å²) in [6, 6.07) is 6.92. The van der Waals surface area contributed by atoms with E-state index in [1.54, 1.807) is 7.11 Å². The second-order valence-electron chi connectivity index (χ2n) is 14.5. The molecule has 2 aliphatic heterocycles. The molecule has 6 nitrogen and oxygen atoms in total. The van der Waals surface area contributed by atoms with Crippen molar-refractivity contribution in [3.8, 4) is 23.0 Å². The van der Waals surface area contributed by atoms with Crippen molar-refractivity contribution in [3.63, 3.8) is 0 Å². The molecule has 0 saturated heterocycles. The molecule has 0 aromatic heterocycles. The average Bonchev–Trinajstić information content (AvgIpc) is 2.95. The van der Waals surface area contributed by atoms with Gasteiger partial charge < -0.3 is 24.4 Å². The fraction of sp³-hybridized carbons (Fsp3) is 0.571. The van der Waals surface area contributed by atoms with Gasteiger partial charge in [0.1, 0.15) is 28.5 Å². The molecule has 3 aliphatic rings. The Morgan fingerprint density at radius 3 is 2.15 bits per heavy atom. The van der Waals surface area contributed by atoms with Gasteiger partial charge in [-0.25, -0.2) is 0 Å². The van der Waals surface area contributed by atoms with Crippen molar-refractivity contribution < 1.29 is 24.4 Å². The van der Waals surface area contributed by atoms with E-state index in [2.05, 4.69) is 53.7 Å². The Balaban J connectivity index is 1.68. The summed E-state index contributed by atoms with van der Waals surface area (Å²) >= 11 is 0. The Kier molecular flexibility index (Phi) is 6.85. The molecule has 2 heterocycles. The number of hydrogen-bond donors (Lipinski definition) is 2.